The lowest BCUT2D eigenvalue weighted by Crippen LogP contribution is -2.46. The number of ether oxygens (including phenoxy) is 1. The number of amides is 1. The van der Waals surface area contributed by atoms with Crippen molar-refractivity contribution in [3.05, 3.63) is 87.9 Å². The molecule has 5 rings (SSSR count). The number of carbonyl (C=O) groups is 2. The standard InChI is InChI=1S/C32H35F3N6O6/c1-20(2)26(28(43)29-37-25(47-38-29)18-21-7-6-10-23(17-21)32(33,34)35)36-24(42)19-41-30(44)27(22-8-4-3-5-9-22)40(31(41)45)12-11-39-13-15-46-16-14-39/h3-10,17,20,26,44H,11-16,18-19H2,1-2H3,(H,36,42)/t26-/m1/s1. The van der Waals surface area contributed by atoms with E-state index in [9.17, 15) is 32.7 Å². The van der Waals surface area contributed by atoms with E-state index < -0.39 is 47.6 Å². The molecule has 1 amide bonds. The number of imidazole rings is 1. The average molecular weight is 657 g/mol. The van der Waals surface area contributed by atoms with Crippen LogP contribution in [-0.2, 0) is 35.2 Å². The number of carbonyl (C=O) groups excluding carboxylic acids is 2. The van der Waals surface area contributed by atoms with Gasteiger partial charge in [0, 0.05) is 31.7 Å². The monoisotopic (exact) mass is 656 g/mol. The second-order valence-electron chi connectivity index (χ2n) is 11.6. The SMILES string of the molecule is CC(C)[C@@H](NC(=O)Cn1c(O)c(-c2ccccc2)n(CCN2CCOCC2)c1=O)C(=O)c1noc(Cc2cccc(C(F)(F)F)c2)n1. The van der Waals surface area contributed by atoms with Crippen LogP contribution in [0.5, 0.6) is 5.88 Å². The van der Waals surface area contributed by atoms with Crippen LogP contribution in [0.4, 0.5) is 13.2 Å². The van der Waals surface area contributed by atoms with E-state index in [1.807, 2.05) is 6.07 Å². The van der Waals surface area contributed by atoms with Gasteiger partial charge in [0.2, 0.25) is 29.3 Å². The normalized spacial score (nSPS) is 14.8. The van der Waals surface area contributed by atoms with Gasteiger partial charge < -0.3 is 19.7 Å². The van der Waals surface area contributed by atoms with E-state index in [1.54, 1.807) is 38.1 Å². The van der Waals surface area contributed by atoms with Crippen molar-refractivity contribution in [2.45, 2.75) is 45.6 Å². The highest BCUT2D eigenvalue weighted by Gasteiger charge is 2.32. The third-order valence-electron chi connectivity index (χ3n) is 7.86. The predicted molar refractivity (Wildman–Crippen MR) is 163 cm³/mol. The third kappa shape index (κ3) is 7.97. The van der Waals surface area contributed by atoms with Crippen LogP contribution in [-0.4, -0.2) is 79.9 Å². The van der Waals surface area contributed by atoms with E-state index in [4.69, 9.17) is 9.26 Å². The molecule has 0 bridgehead atoms. The summed E-state index contributed by atoms with van der Waals surface area (Å²) in [5.74, 6) is -2.66. The molecular formula is C32H35F3N6O6. The average Bonchev–Trinajstić information content (AvgIpc) is 3.61. The molecule has 4 aromatic rings. The van der Waals surface area contributed by atoms with E-state index in [1.165, 1.54) is 16.7 Å². The molecule has 250 valence electrons. The van der Waals surface area contributed by atoms with E-state index >= 15 is 0 Å². The number of Topliss-reactive ketones (excluding diaryl/α,β-unsaturated/α-hetero) is 1. The Hall–Kier alpha value is -4.76. The molecule has 2 aromatic carbocycles. The number of nitrogens with zero attached hydrogens (tertiary/aromatic N) is 5. The molecule has 12 nitrogen and oxygen atoms in total. The first kappa shape index (κ1) is 33.6. The summed E-state index contributed by atoms with van der Waals surface area (Å²) < 4.78 is 52.2. The minimum Gasteiger partial charge on any atom is -0.493 e. The lowest BCUT2D eigenvalue weighted by atomic mass is 9.99. The molecule has 1 aliphatic rings. The van der Waals surface area contributed by atoms with Gasteiger partial charge in [-0.15, -0.1) is 0 Å². The smallest absolute Gasteiger partial charge is 0.416 e. The molecule has 2 N–H and O–H groups in total. The lowest BCUT2D eigenvalue weighted by Gasteiger charge is -2.26. The zero-order valence-corrected chi connectivity index (χ0v) is 25.9. The van der Waals surface area contributed by atoms with Crippen molar-refractivity contribution in [1.82, 2.24) is 29.5 Å². The molecule has 2 aromatic heterocycles. The number of hydrogen-bond acceptors (Lipinski definition) is 9. The van der Waals surface area contributed by atoms with Crippen LogP contribution >= 0.6 is 0 Å². The van der Waals surface area contributed by atoms with Gasteiger partial charge in [0.05, 0.1) is 31.2 Å². The number of nitrogens with one attached hydrogen (secondary N) is 1. The summed E-state index contributed by atoms with van der Waals surface area (Å²) in [6, 6.07) is 12.4. The van der Waals surface area contributed by atoms with Crippen molar-refractivity contribution in [2.75, 3.05) is 32.8 Å². The van der Waals surface area contributed by atoms with Gasteiger partial charge in [-0.2, -0.15) is 18.2 Å². The summed E-state index contributed by atoms with van der Waals surface area (Å²) in [4.78, 5) is 46.4. The Morgan fingerprint density at radius 2 is 1.74 bits per heavy atom. The van der Waals surface area contributed by atoms with Crippen molar-refractivity contribution in [3.63, 3.8) is 0 Å². The third-order valence-corrected chi connectivity index (χ3v) is 7.86. The summed E-state index contributed by atoms with van der Waals surface area (Å²) in [6.07, 6.45) is -4.66. The van der Waals surface area contributed by atoms with Crippen LogP contribution in [0.2, 0.25) is 0 Å². The van der Waals surface area contributed by atoms with Crippen LogP contribution in [0.25, 0.3) is 11.3 Å². The maximum atomic E-state index is 13.6. The highest BCUT2D eigenvalue weighted by Crippen LogP contribution is 2.30. The van der Waals surface area contributed by atoms with Crippen molar-refractivity contribution in [1.29, 1.82) is 0 Å². The Bertz CT molecular complexity index is 1760. The molecule has 15 heteroatoms. The van der Waals surface area contributed by atoms with Crippen LogP contribution in [0, 0.1) is 5.92 Å². The molecule has 0 spiro atoms. The minimum atomic E-state index is -4.52. The number of aromatic hydroxyl groups is 1. The molecular weight excluding hydrogens is 621 g/mol. The van der Waals surface area contributed by atoms with Gasteiger partial charge in [-0.3, -0.25) is 23.6 Å². The van der Waals surface area contributed by atoms with Gasteiger partial charge in [-0.1, -0.05) is 67.5 Å². The fourth-order valence-corrected chi connectivity index (χ4v) is 5.37. The number of rotatable bonds is 12. The van der Waals surface area contributed by atoms with Gasteiger partial charge in [0.1, 0.15) is 12.2 Å². The quantitative estimate of drug-likeness (QED) is 0.219. The second-order valence-corrected chi connectivity index (χ2v) is 11.6. The predicted octanol–water partition coefficient (Wildman–Crippen LogP) is 3.37. The van der Waals surface area contributed by atoms with Crippen LogP contribution in [0.1, 0.15) is 41.5 Å². The van der Waals surface area contributed by atoms with Gasteiger partial charge in [-0.05, 0) is 17.5 Å². The van der Waals surface area contributed by atoms with E-state index in [0.717, 1.165) is 16.7 Å². The molecule has 1 aliphatic heterocycles. The maximum absolute atomic E-state index is 13.6. The van der Waals surface area contributed by atoms with Gasteiger partial charge in [0.15, 0.2) is 0 Å². The van der Waals surface area contributed by atoms with Crippen LogP contribution in [0.15, 0.2) is 63.9 Å². The van der Waals surface area contributed by atoms with Gasteiger partial charge >= 0.3 is 11.9 Å². The highest BCUT2D eigenvalue weighted by atomic mass is 19.4. The molecule has 47 heavy (non-hydrogen) atoms. The second kappa shape index (κ2) is 14.3. The molecule has 0 radical (unpaired) electrons. The number of benzene rings is 2. The summed E-state index contributed by atoms with van der Waals surface area (Å²) >= 11 is 0. The van der Waals surface area contributed by atoms with E-state index in [-0.39, 0.29) is 41.8 Å². The number of aromatic nitrogens is 4. The topological polar surface area (TPSA) is 145 Å². The Labute approximate surface area is 267 Å². The molecule has 1 atom stereocenters. The first-order valence-corrected chi connectivity index (χ1v) is 15.1. The highest BCUT2D eigenvalue weighted by molar-refractivity contribution is 5.99. The zero-order chi connectivity index (χ0) is 33.7. The summed E-state index contributed by atoms with van der Waals surface area (Å²) in [5, 5.41) is 17.5. The first-order chi connectivity index (χ1) is 22.4. The van der Waals surface area contributed by atoms with Gasteiger partial charge in [-0.25, -0.2) is 4.79 Å². The first-order valence-electron chi connectivity index (χ1n) is 15.1. The van der Waals surface area contributed by atoms with Crippen molar-refractivity contribution in [2.24, 2.45) is 5.92 Å². The summed E-state index contributed by atoms with van der Waals surface area (Å²) in [6.45, 7) is 6.19. The van der Waals surface area contributed by atoms with Crippen molar-refractivity contribution < 1.29 is 37.1 Å². The number of ketones is 1. The molecule has 0 unspecified atom stereocenters. The number of morpholine rings is 1. The minimum absolute atomic E-state index is 0.0788. The molecule has 0 saturated carbocycles. The fourth-order valence-electron chi connectivity index (χ4n) is 5.37. The molecule has 1 saturated heterocycles. The Morgan fingerprint density at radius 3 is 2.43 bits per heavy atom. The van der Waals surface area contributed by atoms with E-state index in [0.29, 0.717) is 38.4 Å². The largest absolute Gasteiger partial charge is 0.493 e. The Kier molecular flexibility index (Phi) is 10.3. The summed E-state index contributed by atoms with van der Waals surface area (Å²) in [5.41, 5.74) is -0.297. The van der Waals surface area contributed by atoms with Crippen molar-refractivity contribution in [3.8, 4) is 17.1 Å². The number of alkyl halides is 3. The van der Waals surface area contributed by atoms with Crippen molar-refractivity contribution >= 4 is 11.7 Å². The number of hydrogen-bond donors (Lipinski definition) is 2. The van der Waals surface area contributed by atoms with Gasteiger partial charge in [0.25, 0.3) is 0 Å². The molecule has 0 aliphatic carbocycles. The zero-order valence-electron chi connectivity index (χ0n) is 25.9. The maximum Gasteiger partial charge on any atom is 0.416 e. The lowest BCUT2D eigenvalue weighted by molar-refractivity contribution is -0.137. The van der Waals surface area contributed by atoms with Crippen LogP contribution in [0.3, 0.4) is 0 Å². The number of halogens is 3. The molecule has 1 fully saturated rings. The Balaban J connectivity index is 1.31. The van der Waals surface area contributed by atoms with Crippen LogP contribution < -0.4 is 11.0 Å². The fraction of sp³-hybridized carbons (Fsp3) is 0.406. The summed E-state index contributed by atoms with van der Waals surface area (Å²) in [7, 11) is 0. The van der Waals surface area contributed by atoms with E-state index in [2.05, 4.69) is 20.4 Å². The molecule has 3 heterocycles. The Morgan fingerprint density at radius 1 is 1.02 bits per heavy atom.